The largest absolute Gasteiger partial charge is 0.338 e. The third kappa shape index (κ3) is 1.18. The molecule has 2 heteroatoms. The lowest BCUT2D eigenvalue weighted by Crippen LogP contribution is -2.12. The van der Waals surface area contributed by atoms with Crippen LogP contribution in [0.25, 0.3) is 0 Å². The number of rotatable bonds is 0. The molecule has 1 aliphatic heterocycles. The Morgan fingerprint density at radius 1 is 1.40 bits per heavy atom. The molecular weight excluding hydrogens is 202 g/mol. The van der Waals surface area contributed by atoms with Crippen molar-refractivity contribution in [3.63, 3.8) is 0 Å². The molecule has 78 valence electrons. The summed E-state index contributed by atoms with van der Waals surface area (Å²) in [4.78, 5) is 3.94. The minimum Gasteiger partial charge on any atom is -0.338 e. The van der Waals surface area contributed by atoms with E-state index in [9.17, 15) is 0 Å². The standard InChI is InChI=1S/C13H15NS/c1-8(2)13-14(3)12-10-6-4-5-9(10)7-11(12)15-13/h4-5H,6-7H2,1-3H3. The number of nitrogens with zero attached hydrogens (tertiary/aromatic N) is 1. The van der Waals surface area contributed by atoms with Gasteiger partial charge in [-0.3, -0.25) is 0 Å². The summed E-state index contributed by atoms with van der Waals surface area (Å²) in [6.07, 6.45) is 6.87. The van der Waals surface area contributed by atoms with E-state index in [0.29, 0.717) is 0 Å². The predicted molar refractivity (Wildman–Crippen MR) is 66.2 cm³/mol. The van der Waals surface area contributed by atoms with Crippen molar-refractivity contribution >= 4 is 11.8 Å². The van der Waals surface area contributed by atoms with E-state index >= 15 is 0 Å². The van der Waals surface area contributed by atoms with E-state index in [4.69, 9.17) is 0 Å². The highest BCUT2D eigenvalue weighted by molar-refractivity contribution is 8.07. The molecule has 0 aromatic heterocycles. The lowest BCUT2D eigenvalue weighted by atomic mass is 10.1. The number of hydrogen-bond acceptors (Lipinski definition) is 2. The molecular formula is C13H15NS. The molecule has 0 atom stereocenters. The minimum atomic E-state index is 1.13. The van der Waals surface area contributed by atoms with Gasteiger partial charge in [0.1, 0.15) is 0 Å². The lowest BCUT2D eigenvalue weighted by Gasteiger charge is -2.19. The molecule has 0 radical (unpaired) electrons. The van der Waals surface area contributed by atoms with Crippen molar-refractivity contribution in [2.45, 2.75) is 26.7 Å². The molecule has 2 aliphatic carbocycles. The Balaban J connectivity index is 2.02. The lowest BCUT2D eigenvalue weighted by molar-refractivity contribution is 0.566. The second kappa shape index (κ2) is 3.05. The second-order valence-electron chi connectivity index (χ2n) is 4.53. The highest BCUT2D eigenvalue weighted by Gasteiger charge is 2.34. The van der Waals surface area contributed by atoms with Crippen molar-refractivity contribution in [1.82, 2.24) is 4.90 Å². The van der Waals surface area contributed by atoms with Crippen molar-refractivity contribution in [2.75, 3.05) is 7.05 Å². The molecule has 0 spiro atoms. The van der Waals surface area contributed by atoms with Gasteiger partial charge in [0.2, 0.25) is 0 Å². The molecule has 0 aromatic carbocycles. The van der Waals surface area contributed by atoms with E-state index < -0.39 is 0 Å². The summed E-state index contributed by atoms with van der Waals surface area (Å²) in [5.41, 5.74) is 6.03. The van der Waals surface area contributed by atoms with Gasteiger partial charge in [0.15, 0.2) is 0 Å². The van der Waals surface area contributed by atoms with Crippen LogP contribution >= 0.6 is 11.8 Å². The number of allylic oxidation sites excluding steroid dienone is 6. The van der Waals surface area contributed by atoms with Crippen molar-refractivity contribution in [1.29, 1.82) is 0 Å². The Hall–Kier alpha value is -0.890. The molecule has 0 saturated heterocycles. The minimum absolute atomic E-state index is 1.13. The van der Waals surface area contributed by atoms with E-state index in [0.717, 1.165) is 12.8 Å². The summed E-state index contributed by atoms with van der Waals surface area (Å²) >= 11 is 1.96. The molecule has 1 heterocycles. The fourth-order valence-corrected chi connectivity index (χ4v) is 3.84. The number of thioether (sulfide) groups is 1. The van der Waals surface area contributed by atoms with Gasteiger partial charge in [0, 0.05) is 18.4 Å². The highest BCUT2D eigenvalue weighted by Crippen LogP contribution is 2.53. The Morgan fingerprint density at radius 2 is 2.20 bits per heavy atom. The summed E-state index contributed by atoms with van der Waals surface area (Å²) in [5, 5.41) is 1.43. The van der Waals surface area contributed by atoms with E-state index in [2.05, 4.69) is 37.9 Å². The van der Waals surface area contributed by atoms with Crippen LogP contribution in [0.1, 0.15) is 26.7 Å². The van der Waals surface area contributed by atoms with E-state index in [1.165, 1.54) is 16.3 Å². The number of fused-ring (bicyclic) bond motifs is 1. The van der Waals surface area contributed by atoms with Crippen LogP contribution in [0.2, 0.25) is 0 Å². The van der Waals surface area contributed by atoms with Gasteiger partial charge in [-0.15, -0.1) is 0 Å². The number of likely N-dealkylation sites (N-methyl/N-ethyl adjacent to an activating group) is 1. The van der Waals surface area contributed by atoms with E-state index in [1.807, 2.05) is 11.8 Å². The molecule has 3 aliphatic rings. The molecule has 0 unspecified atom stereocenters. The molecule has 0 fully saturated rings. The maximum atomic E-state index is 2.38. The van der Waals surface area contributed by atoms with Gasteiger partial charge in [0.05, 0.1) is 10.7 Å². The van der Waals surface area contributed by atoms with Gasteiger partial charge in [-0.25, -0.2) is 0 Å². The quantitative estimate of drug-likeness (QED) is 0.607. The fourth-order valence-electron chi connectivity index (χ4n) is 2.59. The highest BCUT2D eigenvalue weighted by atomic mass is 32.2. The Kier molecular flexibility index (Phi) is 1.90. The topological polar surface area (TPSA) is 3.24 Å². The first-order chi connectivity index (χ1) is 7.18. The third-order valence-corrected chi connectivity index (χ3v) is 4.68. The van der Waals surface area contributed by atoms with Crippen LogP contribution in [0, 0.1) is 0 Å². The molecule has 1 nitrogen and oxygen atoms in total. The van der Waals surface area contributed by atoms with Gasteiger partial charge in [-0.1, -0.05) is 23.9 Å². The Morgan fingerprint density at radius 3 is 2.93 bits per heavy atom. The maximum Gasteiger partial charge on any atom is 0.0782 e. The Labute approximate surface area is 95.2 Å². The van der Waals surface area contributed by atoms with E-state index in [-0.39, 0.29) is 0 Å². The second-order valence-corrected chi connectivity index (χ2v) is 5.61. The van der Waals surface area contributed by atoms with Crippen LogP contribution in [0.3, 0.4) is 0 Å². The van der Waals surface area contributed by atoms with Gasteiger partial charge >= 0.3 is 0 Å². The van der Waals surface area contributed by atoms with Gasteiger partial charge < -0.3 is 4.90 Å². The zero-order chi connectivity index (χ0) is 10.6. The van der Waals surface area contributed by atoms with Gasteiger partial charge in [-0.05, 0) is 37.0 Å². The summed E-state index contributed by atoms with van der Waals surface area (Å²) < 4.78 is 0. The molecule has 3 rings (SSSR count). The first-order valence-electron chi connectivity index (χ1n) is 5.39. The van der Waals surface area contributed by atoms with Gasteiger partial charge in [0.25, 0.3) is 0 Å². The van der Waals surface area contributed by atoms with Crippen LogP contribution in [0.5, 0.6) is 0 Å². The first-order valence-corrected chi connectivity index (χ1v) is 6.21. The predicted octanol–water partition coefficient (Wildman–Crippen LogP) is 3.79. The van der Waals surface area contributed by atoms with Crippen LogP contribution < -0.4 is 0 Å². The van der Waals surface area contributed by atoms with Gasteiger partial charge in [-0.2, -0.15) is 0 Å². The maximum absolute atomic E-state index is 2.38. The van der Waals surface area contributed by atoms with Crippen molar-refractivity contribution in [3.8, 4) is 0 Å². The molecule has 0 amide bonds. The van der Waals surface area contributed by atoms with Crippen molar-refractivity contribution < 1.29 is 0 Å². The van der Waals surface area contributed by atoms with Crippen LogP contribution in [0.15, 0.2) is 44.5 Å². The fraction of sp³-hybridized carbons (Fsp3) is 0.385. The normalized spacial score (nSPS) is 23.1. The van der Waals surface area contributed by atoms with Crippen LogP contribution in [0.4, 0.5) is 0 Å². The SMILES string of the molecule is CC(C)=C1SC2=C(C3=C(C=CC3)C2)N1C. The van der Waals surface area contributed by atoms with Crippen molar-refractivity contribution in [2.24, 2.45) is 0 Å². The van der Waals surface area contributed by atoms with Crippen molar-refractivity contribution in [3.05, 3.63) is 44.5 Å². The Bertz CT molecular complexity index is 459. The third-order valence-electron chi connectivity index (χ3n) is 3.22. The first kappa shape index (κ1) is 9.34. The summed E-state index contributed by atoms with van der Waals surface area (Å²) in [7, 11) is 2.20. The summed E-state index contributed by atoms with van der Waals surface area (Å²) in [6, 6.07) is 0. The number of hydrogen-bond donors (Lipinski definition) is 0. The average molecular weight is 217 g/mol. The van der Waals surface area contributed by atoms with E-state index in [1.54, 1.807) is 16.1 Å². The molecule has 0 aromatic rings. The summed E-state index contributed by atoms with van der Waals surface area (Å²) in [5.74, 6) is 0. The molecule has 0 N–H and O–H groups in total. The monoisotopic (exact) mass is 217 g/mol. The zero-order valence-electron chi connectivity index (χ0n) is 9.42. The van der Waals surface area contributed by atoms with Crippen LogP contribution in [-0.4, -0.2) is 11.9 Å². The summed E-state index contributed by atoms with van der Waals surface area (Å²) in [6.45, 7) is 4.40. The molecule has 0 bridgehead atoms. The molecule has 15 heavy (non-hydrogen) atoms. The molecule has 0 saturated carbocycles. The zero-order valence-corrected chi connectivity index (χ0v) is 10.2. The van der Waals surface area contributed by atoms with Crippen LogP contribution in [-0.2, 0) is 0 Å². The average Bonchev–Trinajstić information content (AvgIpc) is 2.76. The smallest absolute Gasteiger partial charge is 0.0782 e.